The number of benzene rings is 2. The van der Waals surface area contributed by atoms with Crippen molar-refractivity contribution in [3.63, 3.8) is 0 Å². The molecule has 1 heterocycles. The molecule has 1 saturated heterocycles. The summed E-state index contributed by atoms with van der Waals surface area (Å²) in [4.78, 5) is 29.1. The normalized spacial score (nSPS) is 14.0. The lowest BCUT2D eigenvalue weighted by Crippen LogP contribution is -2.39. The zero-order valence-electron chi connectivity index (χ0n) is 19.3. The first-order chi connectivity index (χ1) is 15.4. The Morgan fingerprint density at radius 2 is 1.47 bits per heavy atom. The Morgan fingerprint density at radius 1 is 0.812 bits per heavy atom. The predicted molar refractivity (Wildman–Crippen MR) is 122 cm³/mol. The van der Waals surface area contributed by atoms with E-state index in [0.717, 1.165) is 28.9 Å². The highest BCUT2D eigenvalue weighted by Crippen LogP contribution is 2.28. The maximum absolute atomic E-state index is 12.9. The van der Waals surface area contributed by atoms with Crippen molar-refractivity contribution in [2.24, 2.45) is 0 Å². The second kappa shape index (κ2) is 10.9. The molecule has 3 rings (SSSR count). The zero-order valence-corrected chi connectivity index (χ0v) is 19.3. The molecule has 2 aromatic rings. The molecule has 0 aromatic heterocycles. The van der Waals surface area contributed by atoms with Crippen molar-refractivity contribution >= 4 is 11.8 Å². The van der Waals surface area contributed by atoms with Gasteiger partial charge in [0.15, 0.2) is 18.1 Å². The molecule has 2 aromatic carbocycles. The first-order valence-electron chi connectivity index (χ1n) is 10.9. The van der Waals surface area contributed by atoms with Crippen LogP contribution in [0.25, 0.3) is 0 Å². The molecule has 0 saturated carbocycles. The van der Waals surface area contributed by atoms with Gasteiger partial charge in [0.1, 0.15) is 5.75 Å². The van der Waals surface area contributed by atoms with Crippen LogP contribution in [0, 0.1) is 13.8 Å². The van der Waals surface area contributed by atoms with Gasteiger partial charge in [-0.15, -0.1) is 0 Å². The van der Waals surface area contributed by atoms with E-state index < -0.39 is 0 Å². The number of carbonyl (C=O) groups is 2. The summed E-state index contributed by atoms with van der Waals surface area (Å²) in [5.74, 6) is 1.95. The molecule has 1 fully saturated rings. The van der Waals surface area contributed by atoms with Crippen molar-refractivity contribution < 1.29 is 23.8 Å². The topological polar surface area (TPSA) is 68.3 Å². The summed E-state index contributed by atoms with van der Waals surface area (Å²) in [6.07, 6.45) is 1.02. The van der Waals surface area contributed by atoms with Crippen molar-refractivity contribution in [3.05, 3.63) is 53.1 Å². The number of amides is 2. The number of aryl methyl sites for hydroxylation is 2. The van der Waals surface area contributed by atoms with E-state index in [-0.39, 0.29) is 24.8 Å². The monoisotopic (exact) mass is 440 g/mol. The third-order valence-corrected chi connectivity index (χ3v) is 5.69. The van der Waals surface area contributed by atoms with E-state index in [0.29, 0.717) is 37.7 Å². The Hall–Kier alpha value is -3.22. The molecular formula is C25H32N2O5. The van der Waals surface area contributed by atoms with Gasteiger partial charge in [0, 0.05) is 26.2 Å². The number of carbonyl (C=O) groups excluding carboxylic acids is 2. The van der Waals surface area contributed by atoms with Crippen LogP contribution in [0.5, 0.6) is 17.2 Å². The third kappa shape index (κ3) is 5.93. The maximum atomic E-state index is 12.9. The molecule has 1 aliphatic rings. The number of hydrogen-bond acceptors (Lipinski definition) is 5. The first kappa shape index (κ1) is 23.4. The van der Waals surface area contributed by atoms with Crippen LogP contribution < -0.4 is 14.2 Å². The van der Waals surface area contributed by atoms with Crippen LogP contribution in [-0.2, 0) is 16.0 Å². The van der Waals surface area contributed by atoms with Gasteiger partial charge < -0.3 is 24.0 Å². The van der Waals surface area contributed by atoms with Crippen LogP contribution >= 0.6 is 0 Å². The molecule has 0 atom stereocenters. The van der Waals surface area contributed by atoms with Gasteiger partial charge in [0.25, 0.3) is 5.91 Å². The largest absolute Gasteiger partial charge is 0.493 e. The molecule has 1 aliphatic heterocycles. The van der Waals surface area contributed by atoms with Crippen LogP contribution in [-0.4, -0.2) is 68.6 Å². The number of rotatable bonds is 7. The summed E-state index contributed by atoms with van der Waals surface area (Å²) in [6, 6.07) is 11.4. The second-order valence-corrected chi connectivity index (χ2v) is 8.04. The molecule has 0 spiro atoms. The van der Waals surface area contributed by atoms with Crippen LogP contribution in [0.15, 0.2) is 36.4 Å². The highest BCUT2D eigenvalue weighted by Gasteiger charge is 2.23. The Kier molecular flexibility index (Phi) is 7.98. The molecule has 172 valence electrons. The van der Waals surface area contributed by atoms with Crippen molar-refractivity contribution in [2.75, 3.05) is 47.0 Å². The number of methoxy groups -OCH3 is 2. The van der Waals surface area contributed by atoms with Gasteiger partial charge >= 0.3 is 0 Å². The molecule has 0 aliphatic carbocycles. The molecule has 0 bridgehead atoms. The Labute approximate surface area is 189 Å². The van der Waals surface area contributed by atoms with Crippen LogP contribution in [0.2, 0.25) is 0 Å². The highest BCUT2D eigenvalue weighted by molar-refractivity contribution is 5.80. The summed E-state index contributed by atoms with van der Waals surface area (Å²) >= 11 is 0. The first-order valence-corrected chi connectivity index (χ1v) is 10.9. The lowest BCUT2D eigenvalue weighted by molar-refractivity contribution is -0.134. The average Bonchev–Trinajstić information content (AvgIpc) is 3.04. The van der Waals surface area contributed by atoms with E-state index in [1.807, 2.05) is 49.1 Å². The van der Waals surface area contributed by atoms with Gasteiger partial charge in [-0.3, -0.25) is 9.59 Å². The molecule has 2 amide bonds. The Balaban J connectivity index is 1.52. The number of hydrogen-bond donors (Lipinski definition) is 0. The summed E-state index contributed by atoms with van der Waals surface area (Å²) in [5.41, 5.74) is 3.04. The van der Waals surface area contributed by atoms with Gasteiger partial charge in [-0.1, -0.05) is 23.8 Å². The standard InChI is InChI=1S/C25H32N2O5/c1-18-6-8-21(19(2)14-18)32-17-25(29)27-11-5-10-26(12-13-27)24(28)16-20-7-9-22(30-3)23(15-20)31-4/h6-9,14-15H,5,10-13,16-17H2,1-4H3. The minimum atomic E-state index is -0.0563. The summed E-state index contributed by atoms with van der Waals surface area (Å²) < 4.78 is 16.3. The van der Waals surface area contributed by atoms with Crippen molar-refractivity contribution in [3.8, 4) is 17.2 Å². The predicted octanol–water partition coefficient (Wildman–Crippen LogP) is 3.00. The Morgan fingerprint density at radius 3 is 2.12 bits per heavy atom. The zero-order chi connectivity index (χ0) is 23.1. The molecule has 0 unspecified atom stereocenters. The van der Waals surface area contributed by atoms with E-state index in [1.165, 1.54) is 0 Å². The molecular weight excluding hydrogens is 408 g/mol. The molecule has 7 nitrogen and oxygen atoms in total. The van der Waals surface area contributed by atoms with Crippen molar-refractivity contribution in [1.82, 2.24) is 9.80 Å². The third-order valence-electron chi connectivity index (χ3n) is 5.69. The van der Waals surface area contributed by atoms with E-state index in [1.54, 1.807) is 25.2 Å². The number of ether oxygens (including phenoxy) is 3. The van der Waals surface area contributed by atoms with Crippen LogP contribution in [0.3, 0.4) is 0 Å². The van der Waals surface area contributed by atoms with E-state index >= 15 is 0 Å². The summed E-state index contributed by atoms with van der Waals surface area (Å²) in [7, 11) is 3.16. The minimum Gasteiger partial charge on any atom is -0.493 e. The minimum absolute atomic E-state index is 0.00346. The summed E-state index contributed by atoms with van der Waals surface area (Å²) in [6.45, 7) is 6.28. The highest BCUT2D eigenvalue weighted by atomic mass is 16.5. The fraction of sp³-hybridized carbons (Fsp3) is 0.440. The Bertz CT molecular complexity index is 959. The number of nitrogens with zero attached hydrogens (tertiary/aromatic N) is 2. The second-order valence-electron chi connectivity index (χ2n) is 8.04. The lowest BCUT2D eigenvalue weighted by atomic mass is 10.1. The van der Waals surface area contributed by atoms with Crippen molar-refractivity contribution in [2.45, 2.75) is 26.7 Å². The SMILES string of the molecule is COc1ccc(CC(=O)N2CCCN(C(=O)COc3ccc(C)cc3C)CC2)cc1OC. The van der Waals surface area contributed by atoms with Crippen LogP contribution in [0.4, 0.5) is 0 Å². The van der Waals surface area contributed by atoms with Gasteiger partial charge in [0.05, 0.1) is 20.6 Å². The molecule has 0 N–H and O–H groups in total. The molecule has 0 radical (unpaired) electrons. The quantitative estimate of drug-likeness (QED) is 0.662. The van der Waals surface area contributed by atoms with E-state index in [2.05, 4.69) is 0 Å². The van der Waals surface area contributed by atoms with Gasteiger partial charge in [-0.05, 0) is 49.6 Å². The van der Waals surface area contributed by atoms with Gasteiger partial charge in [-0.25, -0.2) is 0 Å². The molecule has 7 heteroatoms. The van der Waals surface area contributed by atoms with Gasteiger partial charge in [-0.2, -0.15) is 0 Å². The van der Waals surface area contributed by atoms with Crippen molar-refractivity contribution in [1.29, 1.82) is 0 Å². The fourth-order valence-corrected chi connectivity index (χ4v) is 3.89. The average molecular weight is 441 g/mol. The van der Waals surface area contributed by atoms with Gasteiger partial charge in [0.2, 0.25) is 5.91 Å². The maximum Gasteiger partial charge on any atom is 0.260 e. The molecule has 32 heavy (non-hydrogen) atoms. The van der Waals surface area contributed by atoms with E-state index in [4.69, 9.17) is 14.2 Å². The van der Waals surface area contributed by atoms with E-state index in [9.17, 15) is 9.59 Å². The lowest BCUT2D eigenvalue weighted by Gasteiger charge is -2.22. The smallest absolute Gasteiger partial charge is 0.260 e. The fourth-order valence-electron chi connectivity index (χ4n) is 3.89. The van der Waals surface area contributed by atoms with Crippen LogP contribution in [0.1, 0.15) is 23.1 Å². The summed E-state index contributed by atoms with van der Waals surface area (Å²) in [5, 5.41) is 0.